The number of hydrogen-bond donors (Lipinski definition) is 1. The largest absolute Gasteiger partial charge is 0.493 e. The number of rotatable bonds is 7. The highest BCUT2D eigenvalue weighted by Gasteiger charge is 2.34. The third-order valence-electron chi connectivity index (χ3n) is 2.51. The number of aldehydes is 1. The van der Waals surface area contributed by atoms with Gasteiger partial charge in [0.05, 0.1) is 12.2 Å². The van der Waals surface area contributed by atoms with Gasteiger partial charge >= 0.3 is 6.18 Å². The number of carbonyl (C=O) groups is 1. The lowest BCUT2D eigenvalue weighted by Gasteiger charge is -2.14. The Balaban J connectivity index is 2.74. The first-order valence-electron chi connectivity index (χ1n) is 5.89. The smallest absolute Gasteiger partial charge is 0.419 e. The zero-order valence-corrected chi connectivity index (χ0v) is 10.2. The molecule has 0 atom stereocenters. The molecule has 1 rings (SSSR count). The van der Waals surface area contributed by atoms with Crippen LogP contribution in [0.5, 0.6) is 5.75 Å². The van der Waals surface area contributed by atoms with E-state index in [1.54, 1.807) is 0 Å². The number of hydrogen-bond acceptors (Lipinski definition) is 3. The van der Waals surface area contributed by atoms with Gasteiger partial charge < -0.3 is 9.84 Å². The summed E-state index contributed by atoms with van der Waals surface area (Å²) >= 11 is 0. The van der Waals surface area contributed by atoms with E-state index >= 15 is 0 Å². The third kappa shape index (κ3) is 4.90. The summed E-state index contributed by atoms with van der Waals surface area (Å²) in [6.07, 6.45) is -2.35. The standard InChI is InChI=1S/C13H15F3O3/c14-13(15,16)11-8-10(9-18)4-5-12(11)19-7-3-1-2-6-17/h4-5,8-9,17H,1-3,6-7H2. The monoisotopic (exact) mass is 276 g/mol. The van der Waals surface area contributed by atoms with Crippen LogP contribution in [0.2, 0.25) is 0 Å². The summed E-state index contributed by atoms with van der Waals surface area (Å²) in [4.78, 5) is 10.5. The van der Waals surface area contributed by atoms with E-state index in [-0.39, 0.29) is 24.5 Å². The highest BCUT2D eigenvalue weighted by molar-refractivity contribution is 5.75. The van der Waals surface area contributed by atoms with E-state index in [1.165, 1.54) is 6.07 Å². The Morgan fingerprint density at radius 3 is 2.53 bits per heavy atom. The number of benzene rings is 1. The second-order valence-corrected chi connectivity index (χ2v) is 4.00. The molecule has 1 aromatic carbocycles. The summed E-state index contributed by atoms with van der Waals surface area (Å²) in [5, 5.41) is 8.57. The number of alkyl halides is 3. The molecule has 0 spiro atoms. The first-order valence-corrected chi connectivity index (χ1v) is 5.89. The van der Waals surface area contributed by atoms with Gasteiger partial charge in [-0.05, 0) is 37.5 Å². The number of aliphatic hydroxyl groups excluding tert-OH is 1. The predicted molar refractivity (Wildman–Crippen MR) is 63.3 cm³/mol. The number of halogens is 3. The SMILES string of the molecule is O=Cc1ccc(OCCCCCO)c(C(F)(F)F)c1. The molecule has 0 fully saturated rings. The van der Waals surface area contributed by atoms with Crippen LogP contribution in [0.3, 0.4) is 0 Å². The minimum absolute atomic E-state index is 0.0417. The molecule has 0 bridgehead atoms. The van der Waals surface area contributed by atoms with Crippen molar-refractivity contribution in [3.63, 3.8) is 0 Å². The summed E-state index contributed by atoms with van der Waals surface area (Å²) in [5.74, 6) is -0.276. The molecule has 19 heavy (non-hydrogen) atoms. The van der Waals surface area contributed by atoms with E-state index < -0.39 is 11.7 Å². The summed E-state index contributed by atoms with van der Waals surface area (Å²) < 4.78 is 43.4. The molecule has 0 aromatic heterocycles. The van der Waals surface area contributed by atoms with Crippen LogP contribution >= 0.6 is 0 Å². The minimum atomic E-state index is -4.56. The van der Waals surface area contributed by atoms with Gasteiger partial charge in [-0.25, -0.2) is 0 Å². The van der Waals surface area contributed by atoms with Crippen LogP contribution in [0, 0.1) is 0 Å². The molecular formula is C13H15F3O3. The van der Waals surface area contributed by atoms with E-state index in [1.807, 2.05) is 0 Å². The Kier molecular flexibility index (Phi) is 5.82. The summed E-state index contributed by atoms with van der Waals surface area (Å²) in [5.41, 5.74) is -0.987. The van der Waals surface area contributed by atoms with E-state index in [4.69, 9.17) is 9.84 Å². The lowest BCUT2D eigenvalue weighted by atomic mass is 10.1. The predicted octanol–water partition coefficient (Wildman–Crippen LogP) is 3.06. The van der Waals surface area contributed by atoms with Crippen molar-refractivity contribution >= 4 is 6.29 Å². The molecule has 1 aromatic rings. The average molecular weight is 276 g/mol. The third-order valence-corrected chi connectivity index (χ3v) is 2.51. The van der Waals surface area contributed by atoms with E-state index in [9.17, 15) is 18.0 Å². The van der Waals surface area contributed by atoms with Crippen LogP contribution in [0.25, 0.3) is 0 Å². The summed E-state index contributed by atoms with van der Waals surface area (Å²) in [6.45, 7) is 0.200. The number of unbranched alkanes of at least 4 members (excludes halogenated alkanes) is 2. The summed E-state index contributed by atoms with van der Waals surface area (Å²) in [7, 11) is 0. The molecular weight excluding hydrogens is 261 g/mol. The fourth-order valence-corrected chi connectivity index (χ4v) is 1.54. The molecule has 0 aliphatic carbocycles. The normalized spacial score (nSPS) is 11.4. The van der Waals surface area contributed by atoms with E-state index in [2.05, 4.69) is 0 Å². The van der Waals surface area contributed by atoms with Gasteiger partial charge in [0.25, 0.3) is 0 Å². The maximum Gasteiger partial charge on any atom is 0.419 e. The molecule has 106 valence electrons. The molecule has 0 aliphatic heterocycles. The Bertz CT molecular complexity index is 416. The molecule has 0 aliphatic rings. The van der Waals surface area contributed by atoms with Gasteiger partial charge in [-0.1, -0.05) is 0 Å². The van der Waals surface area contributed by atoms with E-state index in [0.717, 1.165) is 12.1 Å². The fourth-order valence-electron chi connectivity index (χ4n) is 1.54. The van der Waals surface area contributed by atoms with Crippen LogP contribution < -0.4 is 4.74 Å². The Morgan fingerprint density at radius 1 is 1.21 bits per heavy atom. The van der Waals surface area contributed by atoms with Crippen LogP contribution in [0.4, 0.5) is 13.2 Å². The van der Waals surface area contributed by atoms with Gasteiger partial charge in [0, 0.05) is 12.2 Å². The van der Waals surface area contributed by atoms with Gasteiger partial charge in [0.2, 0.25) is 0 Å². The second kappa shape index (κ2) is 7.13. The highest BCUT2D eigenvalue weighted by Crippen LogP contribution is 2.36. The molecule has 1 N–H and O–H groups in total. The zero-order chi connectivity index (χ0) is 14.3. The molecule has 0 amide bonds. The van der Waals surface area contributed by atoms with Crippen molar-refractivity contribution in [3.8, 4) is 5.75 Å². The van der Waals surface area contributed by atoms with Crippen molar-refractivity contribution in [1.29, 1.82) is 0 Å². The Labute approximate surface area is 109 Å². The molecule has 0 radical (unpaired) electrons. The molecule has 0 saturated carbocycles. The van der Waals surface area contributed by atoms with Gasteiger partial charge in [-0.2, -0.15) is 13.2 Å². The van der Waals surface area contributed by atoms with Crippen LogP contribution in [0.1, 0.15) is 35.2 Å². The maximum atomic E-state index is 12.8. The maximum absolute atomic E-state index is 12.8. The Hall–Kier alpha value is -1.56. The quantitative estimate of drug-likeness (QED) is 0.615. The number of aliphatic hydroxyl groups is 1. The second-order valence-electron chi connectivity index (χ2n) is 4.00. The van der Waals surface area contributed by atoms with Crippen LogP contribution in [0.15, 0.2) is 18.2 Å². The minimum Gasteiger partial charge on any atom is -0.493 e. The average Bonchev–Trinajstić information content (AvgIpc) is 2.37. The molecule has 0 saturated heterocycles. The Morgan fingerprint density at radius 2 is 1.95 bits per heavy atom. The number of carbonyl (C=O) groups excluding carboxylic acids is 1. The topological polar surface area (TPSA) is 46.5 Å². The number of ether oxygens (including phenoxy) is 1. The molecule has 6 heteroatoms. The lowest BCUT2D eigenvalue weighted by Crippen LogP contribution is -2.10. The van der Waals surface area contributed by atoms with Crippen molar-refractivity contribution in [2.75, 3.05) is 13.2 Å². The van der Waals surface area contributed by atoms with Gasteiger partial charge in [0.15, 0.2) is 0 Å². The van der Waals surface area contributed by atoms with Crippen LogP contribution in [-0.2, 0) is 6.18 Å². The van der Waals surface area contributed by atoms with E-state index in [0.29, 0.717) is 25.5 Å². The van der Waals surface area contributed by atoms with Crippen molar-refractivity contribution in [3.05, 3.63) is 29.3 Å². The first-order chi connectivity index (χ1) is 8.99. The highest BCUT2D eigenvalue weighted by atomic mass is 19.4. The van der Waals surface area contributed by atoms with Crippen molar-refractivity contribution in [2.45, 2.75) is 25.4 Å². The van der Waals surface area contributed by atoms with Gasteiger partial charge in [0.1, 0.15) is 12.0 Å². The lowest BCUT2D eigenvalue weighted by molar-refractivity contribution is -0.139. The molecule has 0 heterocycles. The first kappa shape index (κ1) is 15.5. The van der Waals surface area contributed by atoms with Crippen molar-refractivity contribution in [2.24, 2.45) is 0 Å². The van der Waals surface area contributed by atoms with Gasteiger partial charge in [-0.15, -0.1) is 0 Å². The van der Waals surface area contributed by atoms with Gasteiger partial charge in [-0.3, -0.25) is 4.79 Å². The van der Waals surface area contributed by atoms with Crippen molar-refractivity contribution < 1.29 is 27.8 Å². The van der Waals surface area contributed by atoms with Crippen molar-refractivity contribution in [1.82, 2.24) is 0 Å². The zero-order valence-electron chi connectivity index (χ0n) is 10.2. The molecule has 0 unspecified atom stereocenters. The fraction of sp³-hybridized carbons (Fsp3) is 0.462. The molecule has 3 nitrogen and oxygen atoms in total. The summed E-state index contributed by atoms with van der Waals surface area (Å²) in [6, 6.07) is 3.21. The van der Waals surface area contributed by atoms with Crippen LogP contribution in [-0.4, -0.2) is 24.6 Å².